The molecule has 2 unspecified atom stereocenters. The van der Waals surface area contributed by atoms with E-state index in [0.29, 0.717) is 19.2 Å². The molecule has 1 fully saturated rings. The first-order valence-electron chi connectivity index (χ1n) is 6.26. The summed E-state index contributed by atoms with van der Waals surface area (Å²) in [7, 11) is 0. The van der Waals surface area contributed by atoms with Crippen LogP contribution in [0.1, 0.15) is 19.4 Å². The molecule has 0 saturated carbocycles. The van der Waals surface area contributed by atoms with Gasteiger partial charge in [-0.05, 0) is 25.5 Å². The van der Waals surface area contributed by atoms with Gasteiger partial charge in [0.25, 0.3) is 5.69 Å². The number of nitrogens with zero attached hydrogens (tertiary/aromatic N) is 2. The molecule has 1 heterocycles. The second kappa shape index (κ2) is 5.86. The van der Waals surface area contributed by atoms with E-state index in [4.69, 9.17) is 16.3 Å². The van der Waals surface area contributed by atoms with Crippen LogP contribution in [0.25, 0.3) is 0 Å². The zero-order chi connectivity index (χ0) is 14.0. The summed E-state index contributed by atoms with van der Waals surface area (Å²) in [5.74, 6) is 0. The number of nitro groups is 1. The van der Waals surface area contributed by atoms with E-state index in [-0.39, 0.29) is 16.8 Å². The smallest absolute Gasteiger partial charge is 0.288 e. The van der Waals surface area contributed by atoms with Gasteiger partial charge in [-0.15, -0.1) is 0 Å². The fourth-order valence-electron chi connectivity index (χ4n) is 2.22. The highest BCUT2D eigenvalue weighted by molar-refractivity contribution is 6.32. The molecule has 104 valence electrons. The quantitative estimate of drug-likeness (QED) is 0.633. The predicted molar refractivity (Wildman–Crippen MR) is 73.4 cm³/mol. The summed E-state index contributed by atoms with van der Waals surface area (Å²) in [4.78, 5) is 12.7. The van der Waals surface area contributed by atoms with Crippen molar-refractivity contribution in [2.24, 2.45) is 0 Å². The minimum absolute atomic E-state index is 0.0341. The summed E-state index contributed by atoms with van der Waals surface area (Å²) < 4.78 is 5.57. The van der Waals surface area contributed by atoms with Gasteiger partial charge in [-0.1, -0.05) is 17.7 Å². The van der Waals surface area contributed by atoms with Crippen molar-refractivity contribution in [2.45, 2.75) is 32.5 Å². The van der Waals surface area contributed by atoms with Gasteiger partial charge in [0.1, 0.15) is 5.02 Å². The molecular weight excluding hydrogens is 268 g/mol. The van der Waals surface area contributed by atoms with Crippen LogP contribution in [0.2, 0.25) is 5.02 Å². The summed E-state index contributed by atoms with van der Waals surface area (Å²) in [6, 6.07) is 5.28. The molecule has 19 heavy (non-hydrogen) atoms. The van der Waals surface area contributed by atoms with E-state index in [1.165, 1.54) is 0 Å². The zero-order valence-electron chi connectivity index (χ0n) is 11.0. The molecule has 0 aliphatic carbocycles. The molecule has 0 amide bonds. The van der Waals surface area contributed by atoms with Crippen molar-refractivity contribution in [1.82, 2.24) is 4.90 Å². The first kappa shape index (κ1) is 14.2. The molecule has 0 radical (unpaired) electrons. The lowest BCUT2D eigenvalue weighted by Crippen LogP contribution is -2.46. The molecule has 0 bridgehead atoms. The molecular formula is C13H17ClN2O3. The molecule has 2 rings (SSSR count). The molecule has 1 saturated heterocycles. The zero-order valence-corrected chi connectivity index (χ0v) is 11.8. The van der Waals surface area contributed by atoms with Crippen LogP contribution in [-0.4, -0.2) is 35.1 Å². The summed E-state index contributed by atoms with van der Waals surface area (Å²) in [5.41, 5.74) is 0.866. The van der Waals surface area contributed by atoms with Crippen molar-refractivity contribution in [1.29, 1.82) is 0 Å². The van der Waals surface area contributed by atoms with Crippen LogP contribution in [0, 0.1) is 10.1 Å². The molecule has 1 aromatic rings. The van der Waals surface area contributed by atoms with E-state index < -0.39 is 4.92 Å². The Morgan fingerprint density at radius 3 is 2.95 bits per heavy atom. The van der Waals surface area contributed by atoms with Gasteiger partial charge in [0.2, 0.25) is 0 Å². The number of nitro benzene ring substituents is 1. The number of hydrogen-bond donors (Lipinski definition) is 0. The Kier molecular flexibility index (Phi) is 4.39. The van der Waals surface area contributed by atoms with E-state index in [9.17, 15) is 10.1 Å². The number of benzene rings is 1. The van der Waals surface area contributed by atoms with Gasteiger partial charge >= 0.3 is 0 Å². The average Bonchev–Trinajstić information content (AvgIpc) is 2.36. The summed E-state index contributed by atoms with van der Waals surface area (Å²) in [5, 5.41) is 11.0. The highest BCUT2D eigenvalue weighted by Gasteiger charge is 2.24. The third-order valence-electron chi connectivity index (χ3n) is 3.33. The predicted octanol–water partition coefficient (Wildman–Crippen LogP) is 2.86. The molecule has 6 heteroatoms. The van der Waals surface area contributed by atoms with Gasteiger partial charge in [-0.2, -0.15) is 0 Å². The van der Waals surface area contributed by atoms with Crippen molar-refractivity contribution in [3.63, 3.8) is 0 Å². The molecule has 1 aliphatic heterocycles. The third kappa shape index (κ3) is 3.43. The summed E-state index contributed by atoms with van der Waals surface area (Å²) in [6.07, 6.45) is 0.193. The van der Waals surface area contributed by atoms with Gasteiger partial charge in [0, 0.05) is 25.2 Å². The second-order valence-corrected chi connectivity index (χ2v) is 5.37. The lowest BCUT2D eigenvalue weighted by atomic mass is 10.1. The van der Waals surface area contributed by atoms with E-state index >= 15 is 0 Å². The van der Waals surface area contributed by atoms with Crippen molar-refractivity contribution >= 4 is 17.3 Å². The van der Waals surface area contributed by atoms with Crippen LogP contribution in [0.5, 0.6) is 0 Å². The Morgan fingerprint density at radius 2 is 2.26 bits per heavy atom. The molecule has 0 aromatic heterocycles. The largest absolute Gasteiger partial charge is 0.376 e. The van der Waals surface area contributed by atoms with Crippen LogP contribution < -0.4 is 0 Å². The maximum atomic E-state index is 10.9. The fourth-order valence-corrected chi connectivity index (χ4v) is 2.41. The van der Waals surface area contributed by atoms with E-state index in [2.05, 4.69) is 11.8 Å². The van der Waals surface area contributed by atoms with Crippen LogP contribution in [0.15, 0.2) is 18.2 Å². The van der Waals surface area contributed by atoms with Crippen molar-refractivity contribution in [3.8, 4) is 0 Å². The standard InChI is InChI=1S/C13H17ClN2O3/c1-9-8-19-10(2)6-15(9)7-11-3-4-12(14)13(5-11)16(17)18/h3-5,9-10H,6-8H2,1-2H3. The van der Waals surface area contributed by atoms with Crippen LogP contribution in [0.4, 0.5) is 5.69 Å². The first-order valence-corrected chi connectivity index (χ1v) is 6.63. The number of morpholine rings is 1. The second-order valence-electron chi connectivity index (χ2n) is 4.97. The molecule has 0 spiro atoms. The molecule has 0 N–H and O–H groups in total. The van der Waals surface area contributed by atoms with Gasteiger partial charge < -0.3 is 4.74 Å². The van der Waals surface area contributed by atoms with Crippen LogP contribution in [-0.2, 0) is 11.3 Å². The topological polar surface area (TPSA) is 55.6 Å². The number of halogens is 1. The minimum atomic E-state index is -0.447. The van der Waals surface area contributed by atoms with Gasteiger partial charge in [-0.25, -0.2) is 0 Å². The summed E-state index contributed by atoms with van der Waals surface area (Å²) >= 11 is 5.81. The van der Waals surface area contributed by atoms with Gasteiger partial charge in [-0.3, -0.25) is 15.0 Å². The Morgan fingerprint density at radius 1 is 1.53 bits per heavy atom. The van der Waals surface area contributed by atoms with Crippen LogP contribution >= 0.6 is 11.6 Å². The van der Waals surface area contributed by atoms with E-state index in [1.54, 1.807) is 12.1 Å². The lowest BCUT2D eigenvalue weighted by Gasteiger charge is -2.36. The average molecular weight is 285 g/mol. The Hall–Kier alpha value is -1.17. The van der Waals surface area contributed by atoms with Crippen LogP contribution in [0.3, 0.4) is 0 Å². The number of hydrogen-bond acceptors (Lipinski definition) is 4. The SMILES string of the molecule is CC1CN(Cc2ccc(Cl)c([N+](=O)[O-])c2)C(C)CO1. The van der Waals surface area contributed by atoms with Gasteiger partial charge in [0.05, 0.1) is 17.6 Å². The number of ether oxygens (including phenoxy) is 1. The van der Waals surface area contributed by atoms with Gasteiger partial charge in [0.15, 0.2) is 0 Å². The minimum Gasteiger partial charge on any atom is -0.376 e. The van der Waals surface area contributed by atoms with Crippen molar-refractivity contribution in [2.75, 3.05) is 13.2 Å². The third-order valence-corrected chi connectivity index (χ3v) is 3.65. The van der Waals surface area contributed by atoms with E-state index in [1.807, 2.05) is 13.0 Å². The highest BCUT2D eigenvalue weighted by atomic mass is 35.5. The summed E-state index contributed by atoms with van der Waals surface area (Å²) in [6.45, 7) is 6.32. The molecule has 2 atom stereocenters. The Balaban J connectivity index is 2.14. The molecule has 1 aromatic carbocycles. The normalized spacial score (nSPS) is 24.4. The Bertz CT molecular complexity index is 481. The lowest BCUT2D eigenvalue weighted by molar-refractivity contribution is -0.384. The monoisotopic (exact) mass is 284 g/mol. The van der Waals surface area contributed by atoms with Crippen molar-refractivity contribution < 1.29 is 9.66 Å². The molecule has 5 nitrogen and oxygen atoms in total. The first-order chi connectivity index (χ1) is 8.97. The highest BCUT2D eigenvalue weighted by Crippen LogP contribution is 2.26. The van der Waals surface area contributed by atoms with E-state index in [0.717, 1.165) is 12.1 Å². The maximum Gasteiger partial charge on any atom is 0.288 e. The fraction of sp³-hybridized carbons (Fsp3) is 0.538. The number of rotatable bonds is 3. The Labute approximate surface area is 117 Å². The van der Waals surface area contributed by atoms with Crippen molar-refractivity contribution in [3.05, 3.63) is 38.9 Å². The maximum absolute atomic E-state index is 10.9. The molecule has 1 aliphatic rings.